The Morgan fingerprint density at radius 3 is 2.48 bits per heavy atom. The van der Waals surface area contributed by atoms with Crippen molar-refractivity contribution in [1.29, 1.82) is 0 Å². The molecule has 0 aliphatic heterocycles. The number of carbonyl (C=O) groups excluding carboxylic acids is 3. The second-order valence-corrected chi connectivity index (χ2v) is 12.4. The molecule has 1 heterocycles. The van der Waals surface area contributed by atoms with E-state index in [-0.39, 0.29) is 36.3 Å². The first kappa shape index (κ1) is 29.5. The Balaban J connectivity index is 1.69. The quantitative estimate of drug-likeness (QED) is 0.274. The number of nitrogens with zero attached hydrogens (tertiary/aromatic N) is 4. The topological polar surface area (TPSA) is 173 Å². The first-order valence-corrected chi connectivity index (χ1v) is 14.3. The predicted molar refractivity (Wildman–Crippen MR) is 157 cm³/mol. The Kier molecular flexibility index (Phi) is 7.32. The first-order chi connectivity index (χ1) is 19.7. The molecule has 0 bridgehead atoms. The molecule has 4 N–H and O–H groups in total. The zero-order chi connectivity index (χ0) is 30.8. The van der Waals surface area contributed by atoms with Crippen molar-refractivity contribution in [2.75, 3.05) is 38.4 Å². The average Bonchev–Trinajstić information content (AvgIpc) is 3.32. The number of hydrogen-bond acceptors (Lipinski definition) is 13. The highest BCUT2D eigenvalue weighted by molar-refractivity contribution is 7.13. The highest BCUT2D eigenvalue weighted by atomic mass is 32.1. The number of Topliss-reactive ketones (excluding diaryl/α,β-unsaturated/α-hetero) is 3. The van der Waals surface area contributed by atoms with Crippen LogP contribution in [0.5, 0.6) is 5.75 Å². The van der Waals surface area contributed by atoms with Crippen molar-refractivity contribution in [1.82, 2.24) is 9.88 Å². The number of thiazole rings is 1. The van der Waals surface area contributed by atoms with Gasteiger partial charge in [-0.25, -0.2) is 4.98 Å². The fraction of sp³-hybridized carbons (Fsp3) is 0.448. The molecule has 3 aliphatic rings. The van der Waals surface area contributed by atoms with Crippen molar-refractivity contribution in [3.63, 3.8) is 0 Å². The second-order valence-electron chi connectivity index (χ2n) is 11.5. The van der Waals surface area contributed by atoms with Gasteiger partial charge in [0.05, 0.1) is 17.3 Å². The summed E-state index contributed by atoms with van der Waals surface area (Å²) in [5, 5.41) is 43.2. The molecule has 1 aromatic carbocycles. The second kappa shape index (κ2) is 10.4. The lowest BCUT2D eigenvalue weighted by atomic mass is 9.58. The summed E-state index contributed by atoms with van der Waals surface area (Å²) in [4.78, 5) is 60.6. The molecule has 2 aromatic rings. The number of aliphatic hydroxyl groups excluding tert-OH is 1. The van der Waals surface area contributed by atoms with E-state index in [1.807, 2.05) is 31.3 Å². The minimum Gasteiger partial charge on any atom is -0.510 e. The zero-order valence-electron chi connectivity index (χ0n) is 24.2. The lowest BCUT2D eigenvalue weighted by Crippen LogP contribution is -2.63. The van der Waals surface area contributed by atoms with Gasteiger partial charge in [-0.3, -0.25) is 19.3 Å². The van der Waals surface area contributed by atoms with Crippen molar-refractivity contribution in [3.05, 3.63) is 61.3 Å². The molecule has 3 aliphatic carbocycles. The molecule has 0 radical (unpaired) electrons. The molecular formula is C29H33N5O7S. The number of fused-ring (bicyclic) bond motifs is 3. The number of nitroso groups, excluding NO2 is 1. The molecule has 1 unspecified atom stereocenters. The van der Waals surface area contributed by atoms with Crippen LogP contribution in [0.15, 0.2) is 39.2 Å². The maximum Gasteiger partial charge on any atom is 0.208 e. The van der Waals surface area contributed by atoms with Gasteiger partial charge in [-0.1, -0.05) is 0 Å². The van der Waals surface area contributed by atoms with E-state index in [1.165, 1.54) is 11.3 Å². The summed E-state index contributed by atoms with van der Waals surface area (Å²) in [6.07, 6.45) is 0.251. The number of likely N-dealkylation sites (N-methyl/N-ethyl adjacent to an activating group) is 1. The van der Waals surface area contributed by atoms with Crippen molar-refractivity contribution in [2.24, 2.45) is 17.0 Å². The van der Waals surface area contributed by atoms with Crippen LogP contribution in [0.2, 0.25) is 0 Å². The number of aromatic hydroxyl groups is 1. The smallest absolute Gasteiger partial charge is 0.208 e. The molecule has 0 saturated heterocycles. The van der Waals surface area contributed by atoms with Gasteiger partial charge in [-0.2, -0.15) is 0 Å². The Morgan fingerprint density at radius 2 is 1.93 bits per heavy atom. The molecule has 0 fully saturated rings. The highest BCUT2D eigenvalue weighted by Gasteiger charge is 2.63. The van der Waals surface area contributed by atoms with E-state index in [1.54, 1.807) is 25.1 Å². The predicted octanol–water partition coefficient (Wildman–Crippen LogP) is 2.88. The standard InChI is InChI=1S/C29H33N5O7S/c1-12-11-42-28(31-12)30-10-15-9-18(33(3)4)16-7-14-8-17-22(34(5)6)25(38)19(13(2)35)27(39)29(17,40)26(32-41)20(14)24(37)21(16)23(15)36/h9,11,14,17,22,36,38,40H,7-8,10H2,1-6H3,(H,30,31)/t14-,17-,22?,29-/m0/s1. The third-order valence-corrected chi connectivity index (χ3v) is 9.42. The third-order valence-electron chi connectivity index (χ3n) is 8.51. The number of ketones is 3. The molecule has 0 amide bonds. The van der Waals surface area contributed by atoms with Crippen molar-refractivity contribution >= 4 is 39.5 Å². The number of benzene rings is 1. The van der Waals surface area contributed by atoms with Gasteiger partial charge in [0.2, 0.25) is 5.78 Å². The zero-order valence-corrected chi connectivity index (χ0v) is 25.0. The van der Waals surface area contributed by atoms with E-state index >= 15 is 0 Å². The number of carbonyl (C=O) groups is 3. The Bertz CT molecular complexity index is 1610. The summed E-state index contributed by atoms with van der Waals surface area (Å²) < 4.78 is 0. The third kappa shape index (κ3) is 4.26. The molecule has 0 saturated carbocycles. The minimum absolute atomic E-state index is 0.0274. The number of phenols is 1. The van der Waals surface area contributed by atoms with Crippen molar-refractivity contribution < 1.29 is 29.7 Å². The number of phenolic OH excluding ortho intramolecular Hbond substituents is 1. The average molecular weight is 596 g/mol. The van der Waals surface area contributed by atoms with E-state index in [0.29, 0.717) is 21.9 Å². The highest BCUT2D eigenvalue weighted by Crippen LogP contribution is 2.54. The lowest BCUT2D eigenvalue weighted by Gasteiger charge is -2.50. The van der Waals surface area contributed by atoms with Crippen LogP contribution in [0.1, 0.15) is 40.5 Å². The fourth-order valence-corrected chi connectivity index (χ4v) is 7.40. The van der Waals surface area contributed by atoms with Crippen LogP contribution in [0, 0.1) is 23.7 Å². The van der Waals surface area contributed by atoms with Crippen LogP contribution >= 0.6 is 11.3 Å². The summed E-state index contributed by atoms with van der Waals surface area (Å²) in [6, 6.07) is 0.799. The number of aryl methyl sites for hydroxylation is 1. The van der Waals surface area contributed by atoms with Crippen molar-refractivity contribution in [3.8, 4) is 5.75 Å². The molecule has 1 aromatic heterocycles. The van der Waals surface area contributed by atoms with Gasteiger partial charge in [0.1, 0.15) is 22.8 Å². The number of hydrogen-bond donors (Lipinski definition) is 4. The maximum absolute atomic E-state index is 14.2. The summed E-state index contributed by atoms with van der Waals surface area (Å²) in [6.45, 7) is 3.10. The van der Waals surface area contributed by atoms with Crippen LogP contribution in [0.4, 0.5) is 10.8 Å². The maximum atomic E-state index is 14.2. The molecule has 4 atom stereocenters. The van der Waals surface area contributed by atoms with Gasteiger partial charge >= 0.3 is 0 Å². The Hall–Kier alpha value is -3.94. The van der Waals surface area contributed by atoms with E-state index in [2.05, 4.69) is 15.5 Å². The SMILES string of the molecule is CC(=O)C1=C(O)C(N(C)C)[C@@H]2C[C@@H]3Cc4c(N(C)C)cc(CNc5nc(C)cs5)c(O)c4C(=O)C3=C(N=O)[C@]2(O)C1=O. The van der Waals surface area contributed by atoms with Gasteiger partial charge in [-0.05, 0) is 63.5 Å². The number of aromatic nitrogens is 1. The monoisotopic (exact) mass is 595 g/mol. The van der Waals surface area contributed by atoms with Crippen LogP contribution in [0.3, 0.4) is 0 Å². The van der Waals surface area contributed by atoms with Crippen LogP contribution in [0.25, 0.3) is 0 Å². The molecule has 12 nitrogen and oxygen atoms in total. The molecule has 42 heavy (non-hydrogen) atoms. The van der Waals surface area contributed by atoms with Crippen LogP contribution < -0.4 is 10.2 Å². The van der Waals surface area contributed by atoms with Crippen molar-refractivity contribution in [2.45, 2.75) is 44.9 Å². The first-order valence-electron chi connectivity index (χ1n) is 13.4. The van der Waals surface area contributed by atoms with Crippen LogP contribution in [-0.4, -0.2) is 82.4 Å². The Morgan fingerprint density at radius 1 is 1.24 bits per heavy atom. The molecular weight excluding hydrogens is 562 g/mol. The number of anilines is 2. The molecule has 5 rings (SSSR count). The van der Waals surface area contributed by atoms with E-state index in [0.717, 1.165) is 12.6 Å². The normalized spacial score (nSPS) is 25.3. The minimum atomic E-state index is -2.62. The van der Waals surface area contributed by atoms with Gasteiger partial charge in [-0.15, -0.1) is 16.2 Å². The summed E-state index contributed by atoms with van der Waals surface area (Å²) >= 11 is 1.40. The summed E-state index contributed by atoms with van der Waals surface area (Å²) in [5.74, 6) is -5.14. The van der Waals surface area contributed by atoms with E-state index < -0.39 is 57.9 Å². The molecule has 13 heteroatoms. The molecule has 222 valence electrons. The summed E-state index contributed by atoms with van der Waals surface area (Å²) in [7, 11) is 6.87. The van der Waals surface area contributed by atoms with E-state index in [4.69, 9.17) is 0 Å². The molecule has 0 spiro atoms. The Labute approximate surface area is 246 Å². The van der Waals surface area contributed by atoms with Gasteiger partial charge in [0, 0.05) is 48.8 Å². The number of nitrogens with one attached hydrogen (secondary N) is 1. The summed E-state index contributed by atoms with van der Waals surface area (Å²) in [5.41, 5.74) is -1.60. The number of rotatable bonds is 7. The van der Waals surface area contributed by atoms with Crippen LogP contribution in [-0.2, 0) is 22.6 Å². The van der Waals surface area contributed by atoms with E-state index in [9.17, 15) is 34.6 Å². The fourth-order valence-electron chi connectivity index (χ4n) is 6.71. The largest absolute Gasteiger partial charge is 0.510 e. The number of aliphatic hydroxyl groups is 2. The lowest BCUT2D eigenvalue weighted by molar-refractivity contribution is -0.143. The van der Waals surface area contributed by atoms with Gasteiger partial charge < -0.3 is 25.5 Å². The number of allylic oxidation sites excluding steroid dienone is 1. The van der Waals surface area contributed by atoms with Gasteiger partial charge in [0.15, 0.2) is 22.3 Å². The van der Waals surface area contributed by atoms with Gasteiger partial charge in [0.25, 0.3) is 0 Å².